The number of benzene rings is 1. The van der Waals surface area contributed by atoms with Crippen LogP contribution >= 0.6 is 15.9 Å². The molecule has 0 saturated carbocycles. The quantitative estimate of drug-likeness (QED) is 0.780. The number of aliphatic hydroxyl groups excluding tert-OH is 1. The van der Waals surface area contributed by atoms with Gasteiger partial charge >= 0.3 is 0 Å². The predicted octanol–water partition coefficient (Wildman–Crippen LogP) is 2.83. The van der Waals surface area contributed by atoms with Gasteiger partial charge in [-0.25, -0.2) is 8.42 Å². The lowest BCUT2D eigenvalue weighted by molar-refractivity contribution is 0.284. The van der Waals surface area contributed by atoms with Crippen molar-refractivity contribution in [2.45, 2.75) is 31.9 Å². The summed E-state index contributed by atoms with van der Waals surface area (Å²) in [5.74, 6) is 0.299. The number of aliphatic hydroxyl groups is 1. The first-order valence-electron chi connectivity index (χ1n) is 6.01. The Balaban J connectivity index is 2.59. The Hall–Kier alpha value is -0.390. The molecule has 5 heteroatoms. The summed E-state index contributed by atoms with van der Waals surface area (Å²) < 4.78 is 24.8. The van der Waals surface area contributed by atoms with Crippen molar-refractivity contribution in [3.8, 4) is 0 Å². The molecule has 1 aromatic rings. The molecule has 0 bridgehead atoms. The van der Waals surface area contributed by atoms with Gasteiger partial charge in [0.1, 0.15) is 0 Å². The first-order chi connectivity index (χ1) is 8.44. The fourth-order valence-electron chi connectivity index (χ4n) is 1.74. The van der Waals surface area contributed by atoms with Crippen LogP contribution in [0, 0.1) is 6.92 Å². The summed E-state index contributed by atoms with van der Waals surface area (Å²) in [6, 6.07) is 5.64. The first kappa shape index (κ1) is 15.7. The Morgan fingerprint density at radius 1 is 1.22 bits per heavy atom. The van der Waals surface area contributed by atoms with E-state index in [-0.39, 0.29) is 18.1 Å². The van der Waals surface area contributed by atoms with E-state index in [0.29, 0.717) is 12.8 Å². The molecule has 0 unspecified atom stereocenters. The number of rotatable bonds is 7. The van der Waals surface area contributed by atoms with Gasteiger partial charge in [0, 0.05) is 11.1 Å². The number of unbranched alkanes of at least 4 members (excludes halogenated alkanes) is 2. The Kier molecular flexibility index (Phi) is 6.32. The van der Waals surface area contributed by atoms with Crippen molar-refractivity contribution in [3.63, 3.8) is 0 Å². The third-order valence-corrected chi connectivity index (χ3v) is 4.95. The molecule has 3 nitrogen and oxygen atoms in total. The molecular weight excluding hydrogens is 316 g/mol. The minimum absolute atomic E-state index is 0.102. The van der Waals surface area contributed by atoms with Crippen LogP contribution in [0.3, 0.4) is 0 Å². The van der Waals surface area contributed by atoms with Crippen LogP contribution in [0.5, 0.6) is 0 Å². The van der Waals surface area contributed by atoms with Crippen LogP contribution in [-0.4, -0.2) is 25.9 Å². The summed E-state index contributed by atoms with van der Waals surface area (Å²) in [5.41, 5.74) is 1.85. The van der Waals surface area contributed by atoms with E-state index in [9.17, 15) is 8.42 Å². The lowest BCUT2D eigenvalue weighted by Crippen LogP contribution is -2.10. The van der Waals surface area contributed by atoms with Crippen molar-refractivity contribution in [3.05, 3.63) is 33.8 Å². The number of hydrogen-bond acceptors (Lipinski definition) is 3. The van der Waals surface area contributed by atoms with Gasteiger partial charge in [0.05, 0.1) is 11.5 Å². The van der Waals surface area contributed by atoms with Gasteiger partial charge in [-0.3, -0.25) is 0 Å². The van der Waals surface area contributed by atoms with E-state index >= 15 is 0 Å². The van der Waals surface area contributed by atoms with Crippen molar-refractivity contribution in [2.75, 3.05) is 12.4 Å². The molecule has 0 aliphatic heterocycles. The summed E-state index contributed by atoms with van der Waals surface area (Å²) in [5, 5.41) is 8.64. The van der Waals surface area contributed by atoms with Crippen LogP contribution < -0.4 is 0 Å². The summed E-state index contributed by atoms with van der Waals surface area (Å²) in [7, 11) is -3.05. The van der Waals surface area contributed by atoms with E-state index < -0.39 is 9.84 Å². The number of hydrogen-bond donors (Lipinski definition) is 1. The van der Waals surface area contributed by atoms with Gasteiger partial charge in [-0.1, -0.05) is 28.4 Å². The molecule has 0 aromatic heterocycles. The lowest BCUT2D eigenvalue weighted by atomic mass is 10.1. The molecule has 0 saturated heterocycles. The minimum atomic E-state index is -3.05. The smallest absolute Gasteiger partial charge is 0.154 e. The van der Waals surface area contributed by atoms with Gasteiger partial charge in [-0.2, -0.15) is 0 Å². The van der Waals surface area contributed by atoms with Crippen LogP contribution in [0.4, 0.5) is 0 Å². The fourth-order valence-corrected chi connectivity index (χ4v) is 3.80. The van der Waals surface area contributed by atoms with E-state index in [4.69, 9.17) is 5.11 Å². The van der Waals surface area contributed by atoms with E-state index in [1.54, 1.807) is 0 Å². The molecule has 0 aliphatic carbocycles. The molecular formula is C13H19BrO3S. The van der Waals surface area contributed by atoms with Gasteiger partial charge < -0.3 is 5.11 Å². The SMILES string of the molecule is Cc1cc(Br)ccc1CS(=O)(=O)CCCCCO. The molecule has 1 rings (SSSR count). The molecule has 102 valence electrons. The van der Waals surface area contributed by atoms with Gasteiger partial charge in [0.25, 0.3) is 0 Å². The molecule has 0 spiro atoms. The molecule has 18 heavy (non-hydrogen) atoms. The van der Waals surface area contributed by atoms with Crippen molar-refractivity contribution >= 4 is 25.8 Å². The summed E-state index contributed by atoms with van der Waals surface area (Å²) in [4.78, 5) is 0. The Morgan fingerprint density at radius 2 is 1.94 bits per heavy atom. The van der Waals surface area contributed by atoms with Gasteiger partial charge in [0.15, 0.2) is 9.84 Å². The summed E-state index contributed by atoms with van der Waals surface area (Å²) >= 11 is 3.36. The maximum atomic E-state index is 11.9. The van der Waals surface area contributed by atoms with Crippen molar-refractivity contribution < 1.29 is 13.5 Å². The third-order valence-electron chi connectivity index (χ3n) is 2.79. The zero-order chi connectivity index (χ0) is 13.6. The topological polar surface area (TPSA) is 54.4 Å². The van der Waals surface area contributed by atoms with Crippen LogP contribution in [0.2, 0.25) is 0 Å². The van der Waals surface area contributed by atoms with E-state index in [1.807, 2.05) is 25.1 Å². The highest BCUT2D eigenvalue weighted by molar-refractivity contribution is 9.10. The predicted molar refractivity (Wildman–Crippen MR) is 77.3 cm³/mol. The maximum absolute atomic E-state index is 11.9. The number of halogens is 1. The molecule has 1 N–H and O–H groups in total. The average molecular weight is 335 g/mol. The van der Waals surface area contributed by atoms with Crippen LogP contribution in [0.15, 0.2) is 22.7 Å². The molecule has 0 fully saturated rings. The van der Waals surface area contributed by atoms with Crippen LogP contribution in [0.25, 0.3) is 0 Å². The second kappa shape index (κ2) is 7.26. The Morgan fingerprint density at radius 3 is 2.56 bits per heavy atom. The zero-order valence-corrected chi connectivity index (χ0v) is 12.9. The maximum Gasteiger partial charge on any atom is 0.154 e. The summed E-state index contributed by atoms with van der Waals surface area (Å²) in [6.45, 7) is 2.05. The molecule has 0 amide bonds. The van der Waals surface area contributed by atoms with Gasteiger partial charge in [-0.15, -0.1) is 0 Å². The fraction of sp³-hybridized carbons (Fsp3) is 0.538. The zero-order valence-electron chi connectivity index (χ0n) is 10.5. The van der Waals surface area contributed by atoms with Crippen molar-refractivity contribution in [1.82, 2.24) is 0 Å². The molecule has 0 heterocycles. The van der Waals surface area contributed by atoms with Gasteiger partial charge in [-0.05, 0) is 43.0 Å². The van der Waals surface area contributed by atoms with Gasteiger partial charge in [0.2, 0.25) is 0 Å². The second-order valence-corrected chi connectivity index (χ2v) is 7.55. The second-order valence-electron chi connectivity index (χ2n) is 4.45. The largest absolute Gasteiger partial charge is 0.396 e. The van der Waals surface area contributed by atoms with E-state index in [1.165, 1.54) is 0 Å². The number of aryl methyl sites for hydroxylation is 1. The van der Waals surface area contributed by atoms with Crippen molar-refractivity contribution in [1.29, 1.82) is 0 Å². The monoisotopic (exact) mass is 334 g/mol. The summed E-state index contributed by atoms with van der Waals surface area (Å²) in [6.07, 6.45) is 2.06. The lowest BCUT2D eigenvalue weighted by Gasteiger charge is -2.07. The van der Waals surface area contributed by atoms with Crippen molar-refractivity contribution in [2.24, 2.45) is 0 Å². The Bertz CT molecular complexity index is 483. The minimum Gasteiger partial charge on any atom is -0.396 e. The normalized spacial score (nSPS) is 11.7. The van der Waals surface area contributed by atoms with E-state index in [2.05, 4.69) is 15.9 Å². The van der Waals surface area contributed by atoms with E-state index in [0.717, 1.165) is 22.0 Å². The molecule has 0 aliphatic rings. The highest BCUT2D eigenvalue weighted by Crippen LogP contribution is 2.18. The highest BCUT2D eigenvalue weighted by Gasteiger charge is 2.13. The average Bonchev–Trinajstić information content (AvgIpc) is 2.28. The molecule has 0 radical (unpaired) electrons. The molecule has 0 atom stereocenters. The third kappa shape index (κ3) is 5.50. The van der Waals surface area contributed by atoms with Crippen LogP contribution in [-0.2, 0) is 15.6 Å². The standard InChI is InChI=1S/C13H19BrO3S/c1-11-9-13(14)6-5-12(11)10-18(16,17)8-4-2-3-7-15/h5-6,9,15H,2-4,7-8,10H2,1H3. The first-order valence-corrected chi connectivity index (χ1v) is 8.62. The number of sulfone groups is 1. The van der Waals surface area contributed by atoms with Crippen LogP contribution in [0.1, 0.15) is 30.4 Å². The highest BCUT2D eigenvalue weighted by atomic mass is 79.9. The Labute approximate surface area is 117 Å². The molecule has 1 aromatic carbocycles.